The van der Waals surface area contributed by atoms with E-state index in [4.69, 9.17) is 44.9 Å². The normalized spacial score (nSPS) is 15.6. The van der Waals surface area contributed by atoms with Crippen LogP contribution in [0.1, 0.15) is 5.56 Å². The van der Waals surface area contributed by atoms with Gasteiger partial charge in [-0.15, -0.1) is 0 Å². The monoisotopic (exact) mass is 436 g/mol. The van der Waals surface area contributed by atoms with Crippen molar-refractivity contribution >= 4 is 64.1 Å². The molecular formula is C19H14Cl2N2O4S. The summed E-state index contributed by atoms with van der Waals surface area (Å²) in [4.78, 5) is 26.6. The summed E-state index contributed by atoms with van der Waals surface area (Å²) in [5, 5.41) is 3.02. The molecule has 3 rings (SSSR count). The van der Waals surface area contributed by atoms with E-state index < -0.39 is 11.8 Å². The Morgan fingerprint density at radius 3 is 2.18 bits per heavy atom. The molecule has 2 aromatic carbocycles. The molecule has 0 atom stereocenters. The van der Waals surface area contributed by atoms with E-state index in [1.165, 1.54) is 25.2 Å². The molecular weight excluding hydrogens is 423 g/mol. The molecule has 28 heavy (non-hydrogen) atoms. The Hall–Kier alpha value is -2.61. The average Bonchev–Trinajstić information content (AvgIpc) is 2.65. The summed E-state index contributed by atoms with van der Waals surface area (Å²) in [6.45, 7) is 0. The topological polar surface area (TPSA) is 67.9 Å². The number of thiocarbonyl (C=S) groups is 1. The SMILES string of the molecule is COc1ccc(N2C(=O)/C(=C/c3cc(Cl)c(OC)c(Cl)c3)C(=O)NC2=S)cc1. The number of hydrogen-bond acceptors (Lipinski definition) is 5. The lowest BCUT2D eigenvalue weighted by molar-refractivity contribution is -0.122. The van der Waals surface area contributed by atoms with Crippen molar-refractivity contribution in [3.8, 4) is 11.5 Å². The van der Waals surface area contributed by atoms with Gasteiger partial charge >= 0.3 is 0 Å². The molecule has 1 saturated heterocycles. The van der Waals surface area contributed by atoms with Crippen LogP contribution < -0.4 is 19.7 Å². The van der Waals surface area contributed by atoms with Crippen LogP contribution in [0.15, 0.2) is 42.0 Å². The number of carbonyl (C=O) groups excluding carboxylic acids is 2. The van der Waals surface area contributed by atoms with E-state index in [2.05, 4.69) is 5.32 Å². The summed E-state index contributed by atoms with van der Waals surface area (Å²) in [6.07, 6.45) is 1.40. The molecule has 1 aliphatic heterocycles. The summed E-state index contributed by atoms with van der Waals surface area (Å²) in [5.41, 5.74) is 0.853. The minimum absolute atomic E-state index is 0.0110. The van der Waals surface area contributed by atoms with Gasteiger partial charge in [0.1, 0.15) is 11.3 Å². The van der Waals surface area contributed by atoms with Crippen LogP contribution in [-0.4, -0.2) is 31.1 Å². The number of rotatable bonds is 4. The van der Waals surface area contributed by atoms with Crippen LogP contribution in [0.4, 0.5) is 5.69 Å². The number of carbonyl (C=O) groups is 2. The standard InChI is InChI=1S/C19H14Cl2N2O4S/c1-26-12-5-3-11(4-6-12)23-18(25)13(17(24)22-19(23)28)7-10-8-14(20)16(27-2)15(21)9-10/h3-9H,1-2H3,(H,22,24,28)/b13-7+. The quantitative estimate of drug-likeness (QED) is 0.447. The van der Waals surface area contributed by atoms with Crippen LogP contribution in [0.25, 0.3) is 6.08 Å². The molecule has 2 aromatic rings. The Bertz CT molecular complexity index is 982. The van der Waals surface area contributed by atoms with Crippen LogP contribution in [0.3, 0.4) is 0 Å². The van der Waals surface area contributed by atoms with Crippen molar-refractivity contribution in [3.05, 3.63) is 57.6 Å². The predicted octanol–water partition coefficient (Wildman–Crippen LogP) is 3.84. The second-order valence-corrected chi connectivity index (χ2v) is 6.87. The van der Waals surface area contributed by atoms with Gasteiger partial charge in [-0.3, -0.25) is 19.8 Å². The van der Waals surface area contributed by atoms with Gasteiger partial charge in [-0.1, -0.05) is 23.2 Å². The molecule has 0 bridgehead atoms. The predicted molar refractivity (Wildman–Crippen MR) is 112 cm³/mol. The molecule has 0 spiro atoms. The second-order valence-electron chi connectivity index (χ2n) is 5.67. The highest BCUT2D eigenvalue weighted by molar-refractivity contribution is 7.80. The number of hydrogen-bond donors (Lipinski definition) is 1. The number of anilines is 1. The molecule has 1 heterocycles. The molecule has 0 radical (unpaired) electrons. The Labute approximate surface area is 176 Å². The van der Waals surface area contributed by atoms with E-state index >= 15 is 0 Å². The fraction of sp³-hybridized carbons (Fsp3) is 0.105. The molecule has 144 valence electrons. The second kappa shape index (κ2) is 8.18. The van der Waals surface area contributed by atoms with Gasteiger partial charge in [-0.25, -0.2) is 0 Å². The molecule has 9 heteroatoms. The third-order valence-corrected chi connectivity index (χ3v) is 4.81. The van der Waals surface area contributed by atoms with Crippen LogP contribution >= 0.6 is 35.4 Å². The molecule has 6 nitrogen and oxygen atoms in total. The lowest BCUT2D eigenvalue weighted by Gasteiger charge is -2.29. The van der Waals surface area contributed by atoms with Gasteiger partial charge in [-0.2, -0.15) is 0 Å². The van der Waals surface area contributed by atoms with E-state index in [9.17, 15) is 9.59 Å². The van der Waals surface area contributed by atoms with E-state index in [-0.39, 0.29) is 20.7 Å². The minimum atomic E-state index is -0.608. The number of amides is 2. The first-order chi connectivity index (χ1) is 13.3. The maximum Gasteiger partial charge on any atom is 0.270 e. The molecule has 1 fully saturated rings. The van der Waals surface area contributed by atoms with Gasteiger partial charge in [-0.05, 0) is 60.3 Å². The van der Waals surface area contributed by atoms with E-state index in [1.54, 1.807) is 36.4 Å². The van der Waals surface area contributed by atoms with Crippen molar-refractivity contribution < 1.29 is 19.1 Å². The number of ether oxygens (including phenoxy) is 2. The number of nitrogens with zero attached hydrogens (tertiary/aromatic N) is 1. The van der Waals surface area contributed by atoms with Gasteiger partial charge in [0.15, 0.2) is 10.9 Å². The summed E-state index contributed by atoms with van der Waals surface area (Å²) in [5.74, 6) is -0.239. The van der Waals surface area contributed by atoms with Crippen molar-refractivity contribution in [3.63, 3.8) is 0 Å². The molecule has 0 aromatic heterocycles. The van der Waals surface area contributed by atoms with E-state index in [0.29, 0.717) is 22.7 Å². The van der Waals surface area contributed by atoms with Gasteiger partial charge in [0, 0.05) is 0 Å². The molecule has 2 amide bonds. The first-order valence-corrected chi connectivity index (χ1v) is 9.10. The van der Waals surface area contributed by atoms with Crippen molar-refractivity contribution in [2.75, 3.05) is 19.1 Å². The fourth-order valence-electron chi connectivity index (χ4n) is 2.65. The van der Waals surface area contributed by atoms with Crippen molar-refractivity contribution in [1.29, 1.82) is 0 Å². The Balaban J connectivity index is 2.01. The zero-order valence-corrected chi connectivity index (χ0v) is 17.1. The highest BCUT2D eigenvalue weighted by Crippen LogP contribution is 2.35. The van der Waals surface area contributed by atoms with E-state index in [1.807, 2.05) is 0 Å². The molecule has 1 N–H and O–H groups in total. The zero-order valence-electron chi connectivity index (χ0n) is 14.8. The first-order valence-electron chi connectivity index (χ1n) is 7.94. The summed E-state index contributed by atoms with van der Waals surface area (Å²) in [7, 11) is 2.98. The van der Waals surface area contributed by atoms with Crippen molar-refractivity contribution in [1.82, 2.24) is 5.32 Å². The third kappa shape index (κ3) is 3.82. The van der Waals surface area contributed by atoms with Crippen molar-refractivity contribution in [2.45, 2.75) is 0 Å². The Kier molecular flexibility index (Phi) is 5.88. The minimum Gasteiger partial charge on any atom is -0.497 e. The number of halogens is 2. The first kappa shape index (κ1) is 20.1. The smallest absolute Gasteiger partial charge is 0.270 e. The number of nitrogens with one attached hydrogen (secondary N) is 1. The van der Waals surface area contributed by atoms with E-state index in [0.717, 1.165) is 0 Å². The Morgan fingerprint density at radius 1 is 1.04 bits per heavy atom. The van der Waals surface area contributed by atoms with Crippen LogP contribution in [-0.2, 0) is 9.59 Å². The largest absolute Gasteiger partial charge is 0.497 e. The lowest BCUT2D eigenvalue weighted by Crippen LogP contribution is -2.54. The molecule has 1 aliphatic rings. The van der Waals surface area contributed by atoms with Crippen molar-refractivity contribution in [2.24, 2.45) is 0 Å². The molecule has 0 aliphatic carbocycles. The van der Waals surface area contributed by atoms with Crippen LogP contribution in [0, 0.1) is 0 Å². The third-order valence-electron chi connectivity index (χ3n) is 3.97. The lowest BCUT2D eigenvalue weighted by atomic mass is 10.1. The summed E-state index contributed by atoms with van der Waals surface area (Å²) < 4.78 is 10.2. The van der Waals surface area contributed by atoms with Gasteiger partial charge in [0.2, 0.25) is 0 Å². The van der Waals surface area contributed by atoms with Gasteiger partial charge < -0.3 is 9.47 Å². The molecule has 0 saturated carbocycles. The Morgan fingerprint density at radius 2 is 1.64 bits per heavy atom. The van der Waals surface area contributed by atoms with Crippen LogP contribution in [0.5, 0.6) is 11.5 Å². The summed E-state index contributed by atoms with van der Waals surface area (Å²) in [6, 6.07) is 9.80. The maximum atomic E-state index is 13.0. The zero-order chi connectivity index (χ0) is 20.4. The maximum absolute atomic E-state index is 13.0. The van der Waals surface area contributed by atoms with Gasteiger partial charge in [0.05, 0.1) is 30.0 Å². The summed E-state index contributed by atoms with van der Waals surface area (Å²) >= 11 is 17.4. The number of benzene rings is 2. The average molecular weight is 437 g/mol. The highest BCUT2D eigenvalue weighted by atomic mass is 35.5. The molecule has 0 unspecified atom stereocenters. The fourth-order valence-corrected chi connectivity index (χ4v) is 3.59. The van der Waals surface area contributed by atoms with Crippen LogP contribution in [0.2, 0.25) is 10.0 Å². The number of methoxy groups -OCH3 is 2. The van der Waals surface area contributed by atoms with Gasteiger partial charge in [0.25, 0.3) is 11.8 Å². The highest BCUT2D eigenvalue weighted by Gasteiger charge is 2.34.